The van der Waals surface area contributed by atoms with E-state index in [1.54, 1.807) is 0 Å². The minimum atomic E-state index is -2.92. The molecular formula is B10K30O30. The summed E-state index contributed by atoms with van der Waals surface area (Å²) in [4.78, 5) is 0. The molecule has 0 N–H and O–H groups in total. The Morgan fingerprint density at radius 2 is 0.0714 bits per heavy atom. The van der Waals surface area contributed by atoms with Crippen molar-refractivity contribution < 1.29 is 1690 Å². The molecule has 0 unspecified atom stereocenters. The third-order valence-electron chi connectivity index (χ3n) is 0. The van der Waals surface area contributed by atoms with E-state index in [-0.39, 0.29) is 1540 Å². The first-order valence-corrected chi connectivity index (χ1v) is 7.07. The Morgan fingerprint density at radius 3 is 0.0714 bits per heavy atom. The Hall–Kier alpha value is 48.5. The maximum atomic E-state index is 8.42. The van der Waals surface area contributed by atoms with E-state index < -0.39 is 73.2 Å². The summed E-state index contributed by atoms with van der Waals surface area (Å²) in [5.41, 5.74) is 0. The fourth-order valence-electron chi connectivity index (χ4n) is 0. The summed E-state index contributed by atoms with van der Waals surface area (Å²) in [6.07, 6.45) is 0. The van der Waals surface area contributed by atoms with E-state index in [1.165, 1.54) is 0 Å². The van der Waals surface area contributed by atoms with Gasteiger partial charge >= 0.3 is 1540 Å². The molecule has 0 aliphatic heterocycles. The van der Waals surface area contributed by atoms with Gasteiger partial charge in [0.05, 0.1) is 0 Å². The van der Waals surface area contributed by atoms with Crippen molar-refractivity contribution in [2.24, 2.45) is 0 Å². The number of rotatable bonds is 0. The molecule has 0 saturated carbocycles. The molecule has 0 rings (SSSR count). The van der Waals surface area contributed by atoms with Crippen LogP contribution >= 0.6 is 0 Å². The molecule has 0 aliphatic rings. The first-order chi connectivity index (χ1) is 17.3. The van der Waals surface area contributed by atoms with Gasteiger partial charge in [-0.15, -0.1) is 0 Å². The van der Waals surface area contributed by atoms with E-state index in [9.17, 15) is 0 Å². The van der Waals surface area contributed by atoms with Crippen molar-refractivity contribution in [1.82, 2.24) is 0 Å². The Labute approximate surface area is 1690 Å². The first kappa shape index (κ1) is 265. The van der Waals surface area contributed by atoms with Gasteiger partial charge < -0.3 is 151 Å². The monoisotopic (exact) mass is 1760 g/mol. The van der Waals surface area contributed by atoms with Gasteiger partial charge in [0.25, 0.3) is 0 Å². The Morgan fingerprint density at radius 1 is 0.0714 bits per heavy atom. The van der Waals surface area contributed by atoms with Crippen molar-refractivity contribution >= 4 is 73.2 Å². The van der Waals surface area contributed by atoms with Crippen LogP contribution in [0.5, 0.6) is 0 Å². The molecule has 0 atom stereocenters. The summed E-state index contributed by atoms with van der Waals surface area (Å²) in [7, 11) is -29.2. The van der Waals surface area contributed by atoms with Gasteiger partial charge in [0, 0.05) is 0 Å². The number of hydrogen-bond acceptors (Lipinski definition) is 30. The molecule has 70 heavy (non-hydrogen) atoms. The van der Waals surface area contributed by atoms with E-state index in [2.05, 4.69) is 0 Å². The van der Waals surface area contributed by atoms with Crippen LogP contribution in [0.25, 0.3) is 0 Å². The van der Waals surface area contributed by atoms with E-state index in [1.807, 2.05) is 0 Å². The van der Waals surface area contributed by atoms with Crippen molar-refractivity contribution in [2.75, 3.05) is 0 Å². The third kappa shape index (κ3) is 660. The standard InChI is InChI=1S/10BO3.30K/c10*2-1(3)4;;;;;;;;;;;;;;;;;;;;;;;;;;;;;;/q10*-3;30*+1. The van der Waals surface area contributed by atoms with Gasteiger partial charge in [0.2, 0.25) is 0 Å². The molecule has 0 spiro atoms. The Bertz CT molecular complexity index is 249. The summed E-state index contributed by atoms with van der Waals surface area (Å²) in [6, 6.07) is 0. The molecule has 0 aromatic rings. The normalized spacial score (nSPS) is 3.86. The minimum Gasteiger partial charge on any atom is -0.907 e. The zero-order chi connectivity index (χ0) is 35.8. The molecule has 0 saturated heterocycles. The van der Waals surface area contributed by atoms with Crippen LogP contribution in [-0.4, -0.2) is 73.2 Å². The van der Waals surface area contributed by atoms with Gasteiger partial charge in [0.1, 0.15) is 0 Å². The molecule has 0 radical (unpaired) electrons. The summed E-state index contributed by atoms with van der Waals surface area (Å²) in [5, 5.41) is 252. The molecular weight excluding hydrogens is 1760 g/mol. The number of hydrogen-bond donors (Lipinski definition) is 0. The fraction of sp³-hybridized carbons (Fsp3) is 0. The van der Waals surface area contributed by atoms with Crippen molar-refractivity contribution in [2.45, 2.75) is 0 Å². The molecule has 0 heterocycles. The summed E-state index contributed by atoms with van der Waals surface area (Å²) >= 11 is 0. The minimum absolute atomic E-state index is 0. The van der Waals surface area contributed by atoms with Gasteiger partial charge in [-0.3, -0.25) is 73.2 Å². The van der Waals surface area contributed by atoms with Crippen molar-refractivity contribution in [3.63, 3.8) is 0 Å². The van der Waals surface area contributed by atoms with Gasteiger partial charge in [-0.05, 0) is 0 Å². The molecule has 0 fully saturated rings. The van der Waals surface area contributed by atoms with Gasteiger partial charge in [-0.25, -0.2) is 0 Å². The first-order valence-electron chi connectivity index (χ1n) is 7.07. The van der Waals surface area contributed by atoms with Crippen LogP contribution in [0.3, 0.4) is 0 Å². The smallest absolute Gasteiger partial charge is 0.907 e. The van der Waals surface area contributed by atoms with Crippen LogP contribution in [-0.2, 0) is 0 Å². The molecule has 240 valence electrons. The second-order valence-corrected chi connectivity index (χ2v) is 2.89. The SMILES string of the molecule is [K+].[K+].[K+].[K+].[K+].[K+].[K+].[K+].[K+].[K+].[K+].[K+].[K+].[K+].[K+].[K+].[K+].[K+].[K+].[K+].[K+].[K+].[K+].[K+].[K+].[K+].[K+].[K+].[K+].[K+].[O-]B([O-])[O-].[O-]B([O-])[O-].[O-]B([O-])[O-].[O-]B([O-])[O-].[O-]B([O-])[O-].[O-]B([O-])[O-].[O-]B([O-])[O-].[O-]B([O-])[O-].[O-]B([O-])[O-].[O-]B([O-])[O-]. The van der Waals surface area contributed by atoms with Crippen LogP contribution in [0.2, 0.25) is 0 Å². The predicted octanol–water partition coefficient (Wildman–Crippen LogP) is -129. The van der Waals surface area contributed by atoms with E-state index >= 15 is 0 Å². The second kappa shape index (κ2) is 259. The molecule has 0 bridgehead atoms. The second-order valence-electron chi connectivity index (χ2n) is 2.89. The van der Waals surface area contributed by atoms with Crippen LogP contribution in [0.1, 0.15) is 0 Å². The summed E-state index contributed by atoms with van der Waals surface area (Å²) in [5.74, 6) is 0. The fourth-order valence-corrected chi connectivity index (χ4v) is 0. The topological polar surface area (TPSA) is 692 Å². The maximum absolute atomic E-state index is 8.42. The van der Waals surface area contributed by atoms with Crippen LogP contribution in [0.4, 0.5) is 0 Å². The van der Waals surface area contributed by atoms with Crippen LogP contribution in [0.15, 0.2) is 0 Å². The Kier molecular flexibility index (Phi) is 982. The molecule has 0 amide bonds. The van der Waals surface area contributed by atoms with Crippen LogP contribution in [0, 0.1) is 0 Å². The molecule has 70 heteroatoms. The summed E-state index contributed by atoms with van der Waals surface area (Å²) in [6.45, 7) is 0. The summed E-state index contributed by atoms with van der Waals surface area (Å²) < 4.78 is 0. The predicted molar refractivity (Wildman–Crippen MR) is 57.5 cm³/mol. The quantitative estimate of drug-likeness (QED) is 0.203. The molecule has 0 aromatic heterocycles. The average molecular weight is 1760 g/mol. The van der Waals surface area contributed by atoms with E-state index in [0.717, 1.165) is 0 Å². The molecule has 0 aliphatic carbocycles. The average Bonchev–Trinajstić information content (AvgIpc) is 2.47. The van der Waals surface area contributed by atoms with Gasteiger partial charge in [0.15, 0.2) is 0 Å². The van der Waals surface area contributed by atoms with Crippen LogP contribution < -0.4 is 1690 Å². The van der Waals surface area contributed by atoms with Crippen molar-refractivity contribution in [1.29, 1.82) is 0 Å². The molecule has 30 nitrogen and oxygen atoms in total. The third-order valence-corrected chi connectivity index (χ3v) is 0. The van der Waals surface area contributed by atoms with Crippen molar-refractivity contribution in [3.8, 4) is 0 Å². The largest absolute Gasteiger partial charge is 1.00 e. The van der Waals surface area contributed by atoms with E-state index in [4.69, 9.17) is 151 Å². The van der Waals surface area contributed by atoms with Gasteiger partial charge in [-0.1, -0.05) is 0 Å². The van der Waals surface area contributed by atoms with Gasteiger partial charge in [-0.2, -0.15) is 0 Å². The van der Waals surface area contributed by atoms with E-state index in [0.29, 0.717) is 0 Å². The zero-order valence-electron chi connectivity index (χ0n) is 48.0. The Balaban J connectivity index is -0.00000000359. The maximum Gasteiger partial charge on any atom is 1.00 e. The van der Waals surface area contributed by atoms with Crippen molar-refractivity contribution in [3.05, 3.63) is 0 Å². The molecule has 0 aromatic carbocycles. The zero-order valence-corrected chi connectivity index (χ0v) is 142.